The van der Waals surface area contributed by atoms with Crippen LogP contribution in [-0.4, -0.2) is 37.9 Å². The molecule has 0 amide bonds. The highest BCUT2D eigenvalue weighted by molar-refractivity contribution is 5.75. The van der Waals surface area contributed by atoms with Gasteiger partial charge in [-0.05, 0) is 31.6 Å². The number of hydrogen-bond acceptors (Lipinski definition) is 4. The average Bonchev–Trinajstić information content (AvgIpc) is 2.36. The molecule has 0 spiro atoms. The van der Waals surface area contributed by atoms with E-state index in [1.54, 1.807) is 0 Å². The Hall–Kier alpha value is -0.610. The van der Waals surface area contributed by atoms with Crippen molar-refractivity contribution in [2.75, 3.05) is 13.7 Å². The van der Waals surface area contributed by atoms with Crippen LogP contribution in [0, 0.1) is 5.92 Å². The third-order valence-corrected chi connectivity index (χ3v) is 3.45. The van der Waals surface area contributed by atoms with Gasteiger partial charge >= 0.3 is 5.97 Å². The third kappa shape index (κ3) is 4.94. The van der Waals surface area contributed by atoms with Crippen LogP contribution >= 0.6 is 0 Å². The molecule has 18 heavy (non-hydrogen) atoms. The Balaban J connectivity index is 2.51. The maximum Gasteiger partial charge on any atom is 0.322 e. The summed E-state index contributed by atoms with van der Waals surface area (Å²) in [4.78, 5) is 11.8. The molecular weight excluding hydrogens is 230 g/mol. The summed E-state index contributed by atoms with van der Waals surface area (Å²) in [5, 5.41) is 3.45. The Morgan fingerprint density at radius 1 is 1.50 bits per heavy atom. The molecule has 1 heterocycles. The number of ether oxygens (including phenoxy) is 2. The smallest absolute Gasteiger partial charge is 0.322 e. The number of hydrogen-bond donors (Lipinski definition) is 1. The molecule has 0 aliphatic carbocycles. The second kappa shape index (κ2) is 7.74. The van der Waals surface area contributed by atoms with Gasteiger partial charge in [-0.2, -0.15) is 0 Å². The number of rotatable bonds is 6. The Kier molecular flexibility index (Phi) is 6.65. The minimum absolute atomic E-state index is 0.150. The minimum atomic E-state index is -0.185. The van der Waals surface area contributed by atoms with Gasteiger partial charge in [0.1, 0.15) is 6.04 Å². The largest absolute Gasteiger partial charge is 0.468 e. The average molecular weight is 257 g/mol. The lowest BCUT2D eigenvalue weighted by Crippen LogP contribution is -2.48. The van der Waals surface area contributed by atoms with Crippen LogP contribution in [0.3, 0.4) is 0 Å². The maximum absolute atomic E-state index is 11.8. The van der Waals surface area contributed by atoms with Crippen molar-refractivity contribution >= 4 is 5.97 Å². The number of carbonyl (C=O) groups excluding carboxylic acids is 1. The summed E-state index contributed by atoms with van der Waals surface area (Å²) in [5.41, 5.74) is 0. The third-order valence-electron chi connectivity index (χ3n) is 3.45. The van der Waals surface area contributed by atoms with Gasteiger partial charge in [0.05, 0.1) is 13.2 Å². The summed E-state index contributed by atoms with van der Waals surface area (Å²) < 4.78 is 10.5. The highest BCUT2D eigenvalue weighted by Gasteiger charge is 2.27. The number of esters is 1. The van der Waals surface area contributed by atoms with E-state index in [9.17, 15) is 4.79 Å². The molecule has 1 aliphatic heterocycles. The van der Waals surface area contributed by atoms with Crippen LogP contribution < -0.4 is 5.32 Å². The van der Waals surface area contributed by atoms with E-state index in [2.05, 4.69) is 26.1 Å². The maximum atomic E-state index is 11.8. The molecule has 1 aliphatic rings. The molecular formula is C14H27NO3. The van der Waals surface area contributed by atoms with Crippen molar-refractivity contribution in [3.8, 4) is 0 Å². The molecule has 1 saturated heterocycles. The van der Waals surface area contributed by atoms with E-state index >= 15 is 0 Å². The lowest BCUT2D eigenvalue weighted by Gasteiger charge is -2.32. The predicted octanol–water partition coefficient (Wildman–Crippen LogP) is 2.12. The van der Waals surface area contributed by atoms with E-state index in [4.69, 9.17) is 9.47 Å². The fraction of sp³-hybridized carbons (Fsp3) is 0.929. The fourth-order valence-electron chi connectivity index (χ4n) is 2.45. The molecule has 0 aromatic heterocycles. The molecule has 0 aromatic rings. The van der Waals surface area contributed by atoms with Crippen molar-refractivity contribution in [2.24, 2.45) is 5.92 Å². The molecule has 3 atom stereocenters. The van der Waals surface area contributed by atoms with Gasteiger partial charge in [-0.3, -0.25) is 4.79 Å². The first-order valence-corrected chi connectivity index (χ1v) is 7.02. The van der Waals surface area contributed by atoms with Gasteiger partial charge in [0.25, 0.3) is 0 Å². The molecule has 106 valence electrons. The van der Waals surface area contributed by atoms with E-state index in [0.717, 1.165) is 32.3 Å². The molecule has 1 N–H and O–H groups in total. The quantitative estimate of drug-likeness (QED) is 0.740. The summed E-state index contributed by atoms with van der Waals surface area (Å²) in [6.07, 6.45) is 4.14. The summed E-state index contributed by atoms with van der Waals surface area (Å²) in [6.45, 7) is 7.16. The predicted molar refractivity (Wildman–Crippen MR) is 71.4 cm³/mol. The summed E-state index contributed by atoms with van der Waals surface area (Å²) >= 11 is 0. The van der Waals surface area contributed by atoms with E-state index in [1.807, 2.05) is 0 Å². The Morgan fingerprint density at radius 3 is 2.78 bits per heavy atom. The molecule has 0 saturated carbocycles. The van der Waals surface area contributed by atoms with Gasteiger partial charge in [0, 0.05) is 12.6 Å². The zero-order valence-electron chi connectivity index (χ0n) is 12.1. The molecule has 0 bridgehead atoms. The first-order chi connectivity index (χ1) is 8.56. The fourth-order valence-corrected chi connectivity index (χ4v) is 2.45. The van der Waals surface area contributed by atoms with Crippen LogP contribution in [0.1, 0.15) is 46.5 Å². The number of carbonyl (C=O) groups is 1. The van der Waals surface area contributed by atoms with Crippen LogP contribution in [0.15, 0.2) is 0 Å². The van der Waals surface area contributed by atoms with Gasteiger partial charge in [-0.25, -0.2) is 0 Å². The highest BCUT2D eigenvalue weighted by Crippen LogP contribution is 2.18. The lowest BCUT2D eigenvalue weighted by atomic mass is 9.98. The lowest BCUT2D eigenvalue weighted by molar-refractivity contribution is -0.144. The molecule has 4 nitrogen and oxygen atoms in total. The molecule has 1 fully saturated rings. The first kappa shape index (κ1) is 15.4. The van der Waals surface area contributed by atoms with E-state index < -0.39 is 0 Å². The second-order valence-corrected chi connectivity index (χ2v) is 5.49. The normalized spacial score (nSPS) is 26.1. The van der Waals surface area contributed by atoms with Crippen molar-refractivity contribution in [3.63, 3.8) is 0 Å². The van der Waals surface area contributed by atoms with Gasteiger partial charge < -0.3 is 14.8 Å². The minimum Gasteiger partial charge on any atom is -0.468 e. The van der Waals surface area contributed by atoms with Crippen LogP contribution in [0.4, 0.5) is 0 Å². The Morgan fingerprint density at radius 2 is 2.22 bits per heavy atom. The molecule has 0 aromatic carbocycles. The Labute approximate surface area is 110 Å². The van der Waals surface area contributed by atoms with Crippen molar-refractivity contribution in [3.05, 3.63) is 0 Å². The summed E-state index contributed by atoms with van der Waals surface area (Å²) in [7, 11) is 1.45. The van der Waals surface area contributed by atoms with Crippen LogP contribution in [0.5, 0.6) is 0 Å². The zero-order valence-corrected chi connectivity index (χ0v) is 12.1. The van der Waals surface area contributed by atoms with Crippen molar-refractivity contribution in [2.45, 2.75) is 64.6 Å². The first-order valence-electron chi connectivity index (χ1n) is 7.02. The van der Waals surface area contributed by atoms with Crippen molar-refractivity contribution in [1.29, 1.82) is 0 Å². The summed E-state index contributed by atoms with van der Waals surface area (Å²) in [5.74, 6) is 0.326. The topological polar surface area (TPSA) is 47.6 Å². The van der Waals surface area contributed by atoms with Gasteiger partial charge in [-0.15, -0.1) is 0 Å². The van der Waals surface area contributed by atoms with E-state index in [1.165, 1.54) is 7.11 Å². The van der Waals surface area contributed by atoms with E-state index in [-0.39, 0.29) is 12.0 Å². The molecule has 3 unspecified atom stereocenters. The monoisotopic (exact) mass is 257 g/mol. The standard InChI is InChI=1S/C14H27NO3/c1-5-12-9-11(6-7-18-12)15-13(8-10(2)3)14(16)17-4/h10-13,15H,5-9H2,1-4H3. The summed E-state index contributed by atoms with van der Waals surface area (Å²) in [6, 6.07) is 0.183. The molecule has 4 heteroatoms. The Bertz CT molecular complexity index is 255. The second-order valence-electron chi connectivity index (χ2n) is 5.49. The van der Waals surface area contributed by atoms with Crippen LogP contribution in [-0.2, 0) is 14.3 Å². The molecule has 0 radical (unpaired) electrons. The highest BCUT2D eigenvalue weighted by atomic mass is 16.5. The zero-order chi connectivity index (χ0) is 13.5. The van der Waals surface area contributed by atoms with Gasteiger partial charge in [-0.1, -0.05) is 20.8 Å². The molecule has 1 rings (SSSR count). The van der Waals surface area contributed by atoms with Crippen molar-refractivity contribution in [1.82, 2.24) is 5.32 Å². The van der Waals surface area contributed by atoms with Gasteiger partial charge in [0.2, 0.25) is 0 Å². The van der Waals surface area contributed by atoms with Crippen molar-refractivity contribution < 1.29 is 14.3 Å². The SMILES string of the molecule is CCC1CC(NC(CC(C)C)C(=O)OC)CCO1. The van der Waals surface area contributed by atoms with Gasteiger partial charge in [0.15, 0.2) is 0 Å². The van der Waals surface area contributed by atoms with Crippen LogP contribution in [0.25, 0.3) is 0 Å². The van der Waals surface area contributed by atoms with Crippen LogP contribution in [0.2, 0.25) is 0 Å². The van der Waals surface area contributed by atoms with E-state index in [0.29, 0.717) is 18.1 Å². The number of nitrogens with one attached hydrogen (secondary N) is 1. The number of methoxy groups -OCH3 is 1.